The molecule has 0 atom stereocenters. The fraction of sp³-hybridized carbons (Fsp3) is 0. The van der Waals surface area contributed by atoms with E-state index in [1.54, 1.807) is 6.20 Å². The number of rotatable bonds is 1. The van der Waals surface area contributed by atoms with E-state index >= 15 is 0 Å². The van der Waals surface area contributed by atoms with Crippen LogP contribution in [0.4, 0.5) is 5.82 Å². The number of aromatic nitrogens is 2. The summed E-state index contributed by atoms with van der Waals surface area (Å²) in [5.74, 6) is 1.06. The largest absolute Gasteiger partial charge is 0.381 e. The van der Waals surface area contributed by atoms with Gasteiger partial charge in [0, 0.05) is 5.56 Å². The van der Waals surface area contributed by atoms with Crippen LogP contribution in [-0.2, 0) is 0 Å². The van der Waals surface area contributed by atoms with Crippen molar-refractivity contribution in [3.8, 4) is 11.3 Å². The zero-order valence-corrected chi connectivity index (χ0v) is 9.61. The number of amidine groups is 1. The Labute approximate surface area is 102 Å². The summed E-state index contributed by atoms with van der Waals surface area (Å²) in [6.07, 6.45) is 1.70. The molecule has 0 amide bonds. The van der Waals surface area contributed by atoms with Crippen LogP contribution in [0.1, 0.15) is 5.69 Å². The third-order valence-corrected chi connectivity index (χ3v) is 2.94. The first kappa shape index (κ1) is 10.1. The van der Waals surface area contributed by atoms with Crippen LogP contribution in [0.5, 0.6) is 0 Å². The minimum absolute atomic E-state index is 0.399. The highest BCUT2D eigenvalue weighted by Crippen LogP contribution is 2.24. The standard InChI is InChI=1S/C11H9N5S/c12-10-9-11(16-17-15-10)14-8(6-13-9)7-4-2-1-3-5-7/h1-6H,(H2,12,15)(H,14,16). The minimum atomic E-state index is 0.399. The molecule has 1 aliphatic rings. The van der Waals surface area contributed by atoms with Gasteiger partial charge in [-0.15, -0.1) is 0 Å². The van der Waals surface area contributed by atoms with Gasteiger partial charge in [-0.3, -0.25) is 4.72 Å². The zero-order chi connectivity index (χ0) is 11.7. The Morgan fingerprint density at radius 2 is 2.00 bits per heavy atom. The molecule has 1 aromatic heterocycles. The molecule has 0 aliphatic carbocycles. The Morgan fingerprint density at radius 1 is 1.18 bits per heavy atom. The molecule has 84 valence electrons. The molecule has 0 radical (unpaired) electrons. The molecule has 3 rings (SSSR count). The van der Waals surface area contributed by atoms with Crippen LogP contribution in [0.15, 0.2) is 40.9 Å². The van der Waals surface area contributed by atoms with Gasteiger partial charge in [-0.25, -0.2) is 9.97 Å². The molecular formula is C11H9N5S. The van der Waals surface area contributed by atoms with Gasteiger partial charge in [0.05, 0.1) is 24.0 Å². The first-order valence-electron chi connectivity index (χ1n) is 5.03. The van der Waals surface area contributed by atoms with Crippen LogP contribution < -0.4 is 10.5 Å². The highest BCUT2D eigenvalue weighted by atomic mass is 32.2. The molecule has 2 aromatic rings. The van der Waals surface area contributed by atoms with Crippen LogP contribution in [-0.4, -0.2) is 15.8 Å². The van der Waals surface area contributed by atoms with Gasteiger partial charge in [0.1, 0.15) is 5.69 Å². The predicted molar refractivity (Wildman–Crippen MR) is 69.4 cm³/mol. The molecule has 0 saturated heterocycles. The lowest BCUT2D eigenvalue weighted by Crippen LogP contribution is -2.20. The van der Waals surface area contributed by atoms with Crippen molar-refractivity contribution in [2.45, 2.75) is 0 Å². The summed E-state index contributed by atoms with van der Waals surface area (Å²) in [4.78, 5) is 8.76. The monoisotopic (exact) mass is 243 g/mol. The number of nitrogens with one attached hydrogen (secondary N) is 1. The molecule has 6 heteroatoms. The van der Waals surface area contributed by atoms with Gasteiger partial charge in [0.25, 0.3) is 0 Å². The number of fused-ring (bicyclic) bond motifs is 1. The molecule has 0 fully saturated rings. The smallest absolute Gasteiger partial charge is 0.167 e. The van der Waals surface area contributed by atoms with Crippen molar-refractivity contribution < 1.29 is 0 Å². The van der Waals surface area contributed by atoms with Crippen LogP contribution >= 0.6 is 12.1 Å². The van der Waals surface area contributed by atoms with Gasteiger partial charge >= 0.3 is 0 Å². The Balaban J connectivity index is 2.08. The summed E-state index contributed by atoms with van der Waals surface area (Å²) < 4.78 is 6.95. The first-order valence-corrected chi connectivity index (χ1v) is 5.80. The van der Waals surface area contributed by atoms with Crippen molar-refractivity contribution in [3.63, 3.8) is 0 Å². The number of nitrogens with zero attached hydrogens (tertiary/aromatic N) is 3. The maximum Gasteiger partial charge on any atom is 0.167 e. The van der Waals surface area contributed by atoms with Gasteiger partial charge in [-0.1, -0.05) is 30.3 Å². The van der Waals surface area contributed by atoms with E-state index in [1.807, 2.05) is 30.3 Å². The Kier molecular flexibility index (Phi) is 2.41. The quantitative estimate of drug-likeness (QED) is 0.747. The molecular weight excluding hydrogens is 234 g/mol. The van der Waals surface area contributed by atoms with E-state index in [9.17, 15) is 0 Å². The second-order valence-electron chi connectivity index (χ2n) is 3.49. The van der Waals surface area contributed by atoms with Crippen molar-refractivity contribution in [1.82, 2.24) is 9.97 Å². The van der Waals surface area contributed by atoms with Crippen molar-refractivity contribution in [1.29, 1.82) is 0 Å². The maximum atomic E-state index is 5.72. The van der Waals surface area contributed by atoms with E-state index in [0.29, 0.717) is 17.3 Å². The molecule has 0 bridgehead atoms. The Bertz CT molecular complexity index is 582. The molecule has 17 heavy (non-hydrogen) atoms. The van der Waals surface area contributed by atoms with Gasteiger partial charge in [0.2, 0.25) is 0 Å². The second-order valence-corrected chi connectivity index (χ2v) is 4.06. The highest BCUT2D eigenvalue weighted by Gasteiger charge is 2.15. The molecule has 5 nitrogen and oxygen atoms in total. The van der Waals surface area contributed by atoms with Crippen molar-refractivity contribution in [2.24, 2.45) is 10.1 Å². The van der Waals surface area contributed by atoms with E-state index in [-0.39, 0.29) is 0 Å². The minimum Gasteiger partial charge on any atom is -0.381 e. The fourth-order valence-electron chi connectivity index (χ4n) is 1.55. The van der Waals surface area contributed by atoms with Gasteiger partial charge < -0.3 is 5.73 Å². The zero-order valence-electron chi connectivity index (χ0n) is 8.79. The van der Waals surface area contributed by atoms with Crippen LogP contribution in [0, 0.1) is 0 Å². The van der Waals surface area contributed by atoms with Crippen molar-refractivity contribution in [3.05, 3.63) is 42.2 Å². The third-order valence-electron chi connectivity index (χ3n) is 2.37. The third kappa shape index (κ3) is 1.83. The predicted octanol–water partition coefficient (Wildman–Crippen LogP) is 1.84. The number of nitrogens with two attached hydrogens (primary N) is 1. The van der Waals surface area contributed by atoms with Gasteiger partial charge in [0.15, 0.2) is 11.7 Å². The average molecular weight is 243 g/mol. The topological polar surface area (TPSA) is 76.2 Å². The van der Waals surface area contributed by atoms with E-state index in [1.165, 1.54) is 0 Å². The summed E-state index contributed by atoms with van der Waals surface area (Å²) in [7, 11) is 0. The number of anilines is 1. The number of hydrogen-bond acceptors (Lipinski definition) is 6. The summed E-state index contributed by atoms with van der Waals surface area (Å²) in [6.45, 7) is 0. The van der Waals surface area contributed by atoms with Crippen molar-refractivity contribution in [2.75, 3.05) is 4.72 Å². The summed E-state index contributed by atoms with van der Waals surface area (Å²) in [5.41, 5.74) is 8.16. The molecule has 0 spiro atoms. The Hall–Kier alpha value is -2.08. The summed E-state index contributed by atoms with van der Waals surface area (Å²) in [5, 5.41) is 0. The van der Waals surface area contributed by atoms with E-state index < -0.39 is 0 Å². The average Bonchev–Trinajstić information content (AvgIpc) is 2.40. The number of hydrogen-bond donors (Lipinski definition) is 2. The summed E-state index contributed by atoms with van der Waals surface area (Å²) in [6, 6.07) is 9.88. The molecule has 2 heterocycles. The lowest BCUT2D eigenvalue weighted by molar-refractivity contribution is 1.18. The lowest BCUT2D eigenvalue weighted by Gasteiger charge is -2.13. The normalized spacial score (nSPS) is 13.5. The van der Waals surface area contributed by atoms with Gasteiger partial charge in [-0.2, -0.15) is 4.40 Å². The SMILES string of the molecule is NC1=NSNc2nc(-c3ccccc3)cnc21. The van der Waals surface area contributed by atoms with Crippen molar-refractivity contribution >= 4 is 23.8 Å². The van der Waals surface area contributed by atoms with E-state index in [4.69, 9.17) is 5.73 Å². The Morgan fingerprint density at radius 3 is 2.82 bits per heavy atom. The van der Waals surface area contributed by atoms with Crippen LogP contribution in [0.25, 0.3) is 11.3 Å². The second kappa shape index (κ2) is 4.06. The molecule has 3 N–H and O–H groups in total. The highest BCUT2D eigenvalue weighted by molar-refractivity contribution is 7.99. The van der Waals surface area contributed by atoms with Crippen LogP contribution in [0.3, 0.4) is 0 Å². The molecule has 0 unspecified atom stereocenters. The van der Waals surface area contributed by atoms with E-state index in [2.05, 4.69) is 19.1 Å². The fourth-order valence-corrected chi connectivity index (χ4v) is 2.01. The molecule has 1 aromatic carbocycles. The number of benzene rings is 1. The maximum absolute atomic E-state index is 5.72. The first-order chi connectivity index (χ1) is 8.34. The van der Waals surface area contributed by atoms with Gasteiger partial charge in [-0.05, 0) is 0 Å². The molecule has 0 saturated carbocycles. The molecule has 1 aliphatic heterocycles. The van der Waals surface area contributed by atoms with E-state index in [0.717, 1.165) is 23.4 Å². The van der Waals surface area contributed by atoms with Crippen LogP contribution in [0.2, 0.25) is 0 Å². The lowest BCUT2D eigenvalue weighted by atomic mass is 10.1. The summed E-state index contributed by atoms with van der Waals surface area (Å²) >= 11 is 1.16.